The number of nitrogens with one attached hydrogen (secondary N) is 1. The van der Waals surface area contributed by atoms with Crippen molar-refractivity contribution in [3.63, 3.8) is 0 Å². The molecule has 4 rings (SSSR count). The summed E-state index contributed by atoms with van der Waals surface area (Å²) >= 11 is 0. The quantitative estimate of drug-likeness (QED) is 0.641. The molecule has 0 unspecified atom stereocenters. The van der Waals surface area contributed by atoms with Gasteiger partial charge in [-0.25, -0.2) is 9.78 Å². The Morgan fingerprint density at radius 2 is 1.96 bits per heavy atom. The summed E-state index contributed by atoms with van der Waals surface area (Å²) in [4.78, 5) is 33.9. The van der Waals surface area contributed by atoms with Gasteiger partial charge in [0.15, 0.2) is 5.65 Å². The number of fused-ring (bicyclic) bond motifs is 1. The van der Waals surface area contributed by atoms with E-state index in [-0.39, 0.29) is 11.2 Å². The lowest BCUT2D eigenvalue weighted by molar-refractivity contribution is 0.559. The summed E-state index contributed by atoms with van der Waals surface area (Å²) in [6.45, 7) is 2.82. The molecule has 3 aromatic rings. The Labute approximate surface area is 163 Å². The van der Waals surface area contributed by atoms with Crippen LogP contribution in [0.4, 0.5) is 5.69 Å². The maximum absolute atomic E-state index is 13.1. The highest BCUT2D eigenvalue weighted by atomic mass is 16.2. The predicted molar refractivity (Wildman–Crippen MR) is 111 cm³/mol. The van der Waals surface area contributed by atoms with Gasteiger partial charge in [-0.1, -0.05) is 31.9 Å². The Balaban J connectivity index is 1.80. The summed E-state index contributed by atoms with van der Waals surface area (Å²) < 4.78 is 2.98. The molecule has 0 spiro atoms. The van der Waals surface area contributed by atoms with Crippen LogP contribution >= 0.6 is 0 Å². The van der Waals surface area contributed by atoms with Gasteiger partial charge in [0.1, 0.15) is 11.3 Å². The number of benzene rings is 1. The topological polar surface area (TPSA) is 98.7 Å². The van der Waals surface area contributed by atoms with Crippen LogP contribution in [0.2, 0.25) is 0 Å². The molecule has 7 nitrogen and oxygen atoms in total. The Morgan fingerprint density at radius 3 is 2.68 bits per heavy atom. The number of aryl methyl sites for hydroxylation is 2. The highest BCUT2D eigenvalue weighted by molar-refractivity contribution is 5.70. The minimum absolute atomic E-state index is 0.265. The van der Waals surface area contributed by atoms with Crippen LogP contribution in [-0.2, 0) is 19.5 Å². The van der Waals surface area contributed by atoms with Crippen LogP contribution in [0, 0.1) is 0 Å². The highest BCUT2D eigenvalue weighted by Gasteiger charge is 2.23. The fraction of sp³-hybridized carbons (Fsp3) is 0.476. The van der Waals surface area contributed by atoms with Crippen molar-refractivity contribution in [1.82, 2.24) is 19.1 Å². The van der Waals surface area contributed by atoms with Gasteiger partial charge in [-0.3, -0.25) is 13.9 Å². The van der Waals surface area contributed by atoms with Crippen LogP contribution in [0.25, 0.3) is 11.2 Å². The van der Waals surface area contributed by atoms with E-state index in [1.165, 1.54) is 17.4 Å². The second-order valence-electron chi connectivity index (χ2n) is 7.69. The smallest absolute Gasteiger partial charge is 0.332 e. The standard InChI is InChI=1S/C21H27N5O2/c1-2-11-26-20(27)17-19(24-18(23-17)15-7-3-4-8-15)25(21(26)28)12-10-14-6-5-9-16(22)13-14/h5-6,9,13,15H,2-4,7-8,10-12,22H2,1H3,(H,23,24). The number of nitrogen functional groups attached to an aromatic ring is 1. The Hall–Kier alpha value is -2.83. The molecule has 0 bridgehead atoms. The van der Waals surface area contributed by atoms with Gasteiger partial charge in [-0.15, -0.1) is 0 Å². The molecular weight excluding hydrogens is 354 g/mol. The summed E-state index contributed by atoms with van der Waals surface area (Å²) in [5, 5.41) is 0. The van der Waals surface area contributed by atoms with Crippen molar-refractivity contribution < 1.29 is 0 Å². The molecule has 0 aliphatic heterocycles. The van der Waals surface area contributed by atoms with E-state index >= 15 is 0 Å². The molecule has 2 heterocycles. The van der Waals surface area contributed by atoms with Crippen molar-refractivity contribution >= 4 is 16.9 Å². The third-order valence-electron chi connectivity index (χ3n) is 5.64. The molecule has 0 saturated heterocycles. The first-order valence-electron chi connectivity index (χ1n) is 10.2. The van der Waals surface area contributed by atoms with Crippen molar-refractivity contribution in [2.24, 2.45) is 0 Å². The van der Waals surface area contributed by atoms with E-state index in [0.717, 1.165) is 30.7 Å². The average Bonchev–Trinajstić information content (AvgIpc) is 3.35. The molecule has 3 N–H and O–H groups in total. The average molecular weight is 381 g/mol. The van der Waals surface area contributed by atoms with Gasteiger partial charge in [-0.05, 0) is 43.4 Å². The number of anilines is 1. The summed E-state index contributed by atoms with van der Waals surface area (Å²) in [6.07, 6.45) is 5.90. The van der Waals surface area contributed by atoms with Gasteiger partial charge in [0.05, 0.1) is 0 Å². The largest absolute Gasteiger partial charge is 0.399 e. The minimum atomic E-state index is -0.285. The predicted octanol–water partition coefficient (Wildman–Crippen LogP) is 2.78. The number of imidazole rings is 1. The van der Waals surface area contributed by atoms with E-state index in [0.29, 0.717) is 42.3 Å². The first-order valence-corrected chi connectivity index (χ1v) is 10.2. The normalized spacial score (nSPS) is 14.9. The van der Waals surface area contributed by atoms with Crippen molar-refractivity contribution in [3.8, 4) is 0 Å². The summed E-state index contributed by atoms with van der Waals surface area (Å²) in [5.74, 6) is 1.19. The molecule has 2 aromatic heterocycles. The molecule has 148 valence electrons. The van der Waals surface area contributed by atoms with Crippen molar-refractivity contribution in [3.05, 3.63) is 56.5 Å². The molecule has 1 aromatic carbocycles. The van der Waals surface area contributed by atoms with Crippen LogP contribution in [-0.4, -0.2) is 19.1 Å². The lowest BCUT2D eigenvalue weighted by Gasteiger charge is -2.11. The maximum atomic E-state index is 13.1. The Kier molecular flexibility index (Phi) is 5.07. The number of hydrogen-bond donors (Lipinski definition) is 2. The summed E-state index contributed by atoms with van der Waals surface area (Å²) in [6, 6.07) is 7.67. The molecule has 0 amide bonds. The molecule has 1 fully saturated rings. The Morgan fingerprint density at radius 1 is 1.18 bits per heavy atom. The van der Waals surface area contributed by atoms with Gasteiger partial charge in [0.25, 0.3) is 5.56 Å². The van der Waals surface area contributed by atoms with Crippen LogP contribution in [0.5, 0.6) is 0 Å². The van der Waals surface area contributed by atoms with Crippen molar-refractivity contribution in [2.75, 3.05) is 5.73 Å². The second-order valence-corrected chi connectivity index (χ2v) is 7.69. The van der Waals surface area contributed by atoms with Crippen molar-refractivity contribution in [2.45, 2.75) is 64.5 Å². The third kappa shape index (κ3) is 3.37. The minimum Gasteiger partial charge on any atom is -0.399 e. The number of nitrogens with two attached hydrogens (primary N) is 1. The lowest BCUT2D eigenvalue weighted by Crippen LogP contribution is -2.40. The van der Waals surface area contributed by atoms with E-state index in [2.05, 4.69) is 4.98 Å². The molecule has 1 aliphatic carbocycles. The molecule has 1 aliphatic rings. The fourth-order valence-corrected chi connectivity index (χ4v) is 4.19. The van der Waals surface area contributed by atoms with Gasteiger partial charge >= 0.3 is 5.69 Å². The van der Waals surface area contributed by atoms with Crippen LogP contribution < -0.4 is 17.0 Å². The zero-order valence-corrected chi connectivity index (χ0v) is 16.3. The first-order chi connectivity index (χ1) is 13.6. The summed E-state index contributed by atoms with van der Waals surface area (Å²) in [5.41, 5.74) is 8.01. The van der Waals surface area contributed by atoms with Gasteiger partial charge in [0, 0.05) is 24.7 Å². The van der Waals surface area contributed by atoms with E-state index in [1.54, 1.807) is 4.57 Å². The fourth-order valence-electron chi connectivity index (χ4n) is 4.19. The zero-order valence-electron chi connectivity index (χ0n) is 16.3. The SMILES string of the molecule is CCCn1c(=O)c2[nH]c(C3CCCC3)nc2n(CCc2cccc(N)c2)c1=O. The number of aromatic nitrogens is 4. The van der Waals surface area contributed by atoms with E-state index in [1.807, 2.05) is 31.2 Å². The Bertz CT molecular complexity index is 1100. The lowest BCUT2D eigenvalue weighted by atomic mass is 10.1. The van der Waals surface area contributed by atoms with E-state index in [4.69, 9.17) is 10.7 Å². The zero-order chi connectivity index (χ0) is 19.7. The van der Waals surface area contributed by atoms with Crippen molar-refractivity contribution in [1.29, 1.82) is 0 Å². The maximum Gasteiger partial charge on any atom is 0.332 e. The summed E-state index contributed by atoms with van der Waals surface area (Å²) in [7, 11) is 0. The number of rotatable bonds is 6. The highest BCUT2D eigenvalue weighted by Crippen LogP contribution is 2.32. The number of H-pyrrole nitrogens is 1. The van der Waals surface area contributed by atoms with Crippen LogP contribution in [0.3, 0.4) is 0 Å². The molecule has 1 saturated carbocycles. The second kappa shape index (κ2) is 7.66. The molecule has 28 heavy (non-hydrogen) atoms. The number of nitrogens with zero attached hydrogens (tertiary/aromatic N) is 3. The van der Waals surface area contributed by atoms with E-state index in [9.17, 15) is 9.59 Å². The first kappa shape index (κ1) is 18.5. The van der Waals surface area contributed by atoms with Crippen LogP contribution in [0.15, 0.2) is 33.9 Å². The van der Waals surface area contributed by atoms with E-state index < -0.39 is 0 Å². The molecule has 0 atom stereocenters. The molecular formula is C21H27N5O2. The monoisotopic (exact) mass is 381 g/mol. The molecule has 7 heteroatoms. The van der Waals surface area contributed by atoms with Gasteiger partial charge < -0.3 is 10.7 Å². The number of aromatic amines is 1. The number of hydrogen-bond acceptors (Lipinski definition) is 4. The van der Waals surface area contributed by atoms with Gasteiger partial charge in [0.2, 0.25) is 0 Å². The van der Waals surface area contributed by atoms with Gasteiger partial charge in [-0.2, -0.15) is 0 Å². The third-order valence-corrected chi connectivity index (χ3v) is 5.64. The van der Waals surface area contributed by atoms with Crippen LogP contribution in [0.1, 0.15) is 56.3 Å². The molecule has 0 radical (unpaired) electrons.